The van der Waals surface area contributed by atoms with Crippen LogP contribution in [-0.4, -0.2) is 56.9 Å². The van der Waals surface area contributed by atoms with Crippen LogP contribution in [0.3, 0.4) is 0 Å². The van der Waals surface area contributed by atoms with Gasteiger partial charge in [0.15, 0.2) is 0 Å². The molecule has 13 atom stereocenters. The summed E-state index contributed by atoms with van der Waals surface area (Å²) in [5, 5.41) is 34.1. The zero-order valence-electron chi connectivity index (χ0n) is 28.1. The topological polar surface area (TPSA) is 96.2 Å². The average molecular weight is 589 g/mol. The Labute approximate surface area is 254 Å². The molecule has 4 unspecified atom stereocenters. The monoisotopic (exact) mass is 588 g/mol. The number of rotatable bonds is 5. The van der Waals surface area contributed by atoms with Crippen molar-refractivity contribution in [2.75, 3.05) is 0 Å². The first kappa shape index (κ1) is 31.3. The summed E-state index contributed by atoms with van der Waals surface area (Å²) >= 11 is 0. The second kappa shape index (κ2) is 9.19. The fourth-order valence-electron chi connectivity index (χ4n) is 12.7. The summed E-state index contributed by atoms with van der Waals surface area (Å²) in [6, 6.07) is 0. The van der Waals surface area contributed by atoms with E-state index in [-0.39, 0.29) is 68.9 Å². The van der Waals surface area contributed by atoms with Crippen molar-refractivity contribution >= 4 is 5.97 Å². The smallest absolute Gasteiger partial charge is 0.309 e. The van der Waals surface area contributed by atoms with Crippen molar-refractivity contribution in [3.8, 4) is 0 Å². The van der Waals surface area contributed by atoms with Crippen LogP contribution in [0.15, 0.2) is 0 Å². The maximum atomic E-state index is 13.5. The first-order valence-electron chi connectivity index (χ1n) is 17.2. The van der Waals surface area contributed by atoms with Crippen molar-refractivity contribution in [2.24, 2.45) is 56.7 Å². The molecule has 6 aliphatic rings. The molecule has 5 aliphatic carbocycles. The minimum absolute atomic E-state index is 0.0151. The quantitative estimate of drug-likeness (QED) is 0.327. The lowest BCUT2D eigenvalue weighted by Crippen LogP contribution is -2.63. The van der Waals surface area contributed by atoms with Gasteiger partial charge in [0.1, 0.15) is 6.10 Å². The molecule has 6 heteroatoms. The first-order valence-corrected chi connectivity index (χ1v) is 17.2. The van der Waals surface area contributed by atoms with Crippen LogP contribution in [0.4, 0.5) is 0 Å². The van der Waals surface area contributed by atoms with E-state index < -0.39 is 23.4 Å². The lowest BCUT2D eigenvalue weighted by atomic mass is 9.41. The largest absolute Gasteiger partial charge is 0.462 e. The summed E-state index contributed by atoms with van der Waals surface area (Å²) in [5.41, 5.74) is -1.73. The maximum Gasteiger partial charge on any atom is 0.309 e. The van der Waals surface area contributed by atoms with E-state index in [0.29, 0.717) is 5.92 Å². The third kappa shape index (κ3) is 3.86. The molecule has 6 rings (SSSR count). The molecule has 240 valence electrons. The minimum Gasteiger partial charge on any atom is -0.462 e. The van der Waals surface area contributed by atoms with Crippen LogP contribution >= 0.6 is 0 Å². The molecule has 2 spiro atoms. The van der Waals surface area contributed by atoms with Gasteiger partial charge in [0, 0.05) is 11.8 Å². The van der Waals surface area contributed by atoms with Gasteiger partial charge in [0.25, 0.3) is 0 Å². The van der Waals surface area contributed by atoms with Gasteiger partial charge < -0.3 is 24.8 Å². The Morgan fingerprint density at radius 2 is 1.57 bits per heavy atom. The molecule has 6 nitrogen and oxygen atoms in total. The number of hydrogen-bond donors (Lipinski definition) is 3. The Bertz CT molecular complexity index is 1110. The molecule has 6 fully saturated rings. The number of fused-ring (bicyclic) bond motifs is 2. The van der Waals surface area contributed by atoms with Gasteiger partial charge in [-0.25, -0.2) is 0 Å². The molecule has 1 saturated heterocycles. The number of aliphatic hydroxyl groups is 3. The summed E-state index contributed by atoms with van der Waals surface area (Å²) in [4.78, 5) is 13.5. The van der Waals surface area contributed by atoms with Crippen LogP contribution in [0, 0.1) is 56.7 Å². The van der Waals surface area contributed by atoms with E-state index in [9.17, 15) is 20.1 Å². The molecule has 0 aromatic carbocycles. The van der Waals surface area contributed by atoms with Crippen LogP contribution in [-0.2, 0) is 14.3 Å². The Hall–Kier alpha value is -0.690. The van der Waals surface area contributed by atoms with Crippen molar-refractivity contribution < 1.29 is 29.6 Å². The van der Waals surface area contributed by atoms with Gasteiger partial charge in [-0.3, -0.25) is 4.79 Å². The van der Waals surface area contributed by atoms with Gasteiger partial charge in [0.2, 0.25) is 0 Å². The third-order valence-corrected chi connectivity index (χ3v) is 15.4. The Morgan fingerprint density at radius 1 is 0.905 bits per heavy atom. The molecular weight excluding hydrogens is 528 g/mol. The Morgan fingerprint density at radius 3 is 2.17 bits per heavy atom. The molecule has 42 heavy (non-hydrogen) atoms. The number of carbonyl (C=O) groups is 1. The second-order valence-electron chi connectivity index (χ2n) is 18.3. The molecule has 1 heterocycles. The molecule has 0 aromatic rings. The van der Waals surface area contributed by atoms with Crippen LogP contribution < -0.4 is 0 Å². The van der Waals surface area contributed by atoms with Crippen molar-refractivity contribution in [2.45, 2.75) is 163 Å². The molecule has 0 amide bonds. The number of esters is 1. The highest BCUT2D eigenvalue weighted by Gasteiger charge is 2.85. The lowest BCUT2D eigenvalue weighted by molar-refractivity contribution is -0.222. The van der Waals surface area contributed by atoms with Crippen LogP contribution in [0.25, 0.3) is 0 Å². The SMILES string of the molecule is CC(C)C(C)C(=O)O[C@H]1CC2C3(CC[C@]4(C)[C@@H]([C@@]5(C)CCC(C(C)(C)O)O5)[C@@H](O)C[C@@]24C)C[C@@]32CC[C@H](O)C(C)(C)[C@H]12. The zero-order chi connectivity index (χ0) is 31.1. The van der Waals surface area contributed by atoms with Crippen LogP contribution in [0.2, 0.25) is 0 Å². The minimum atomic E-state index is -0.913. The standard InChI is InChI=1S/C36H60O6/c1-20(2)21(3)29(39)41-23-17-24-33(9)18-22(37)27(34(10)13-12-26(42-34)31(6,7)40)32(33,8)15-16-35(24)19-36(35)14-11-25(38)30(4,5)28(23)36/h20-28,37-38,40H,11-19H2,1-10H3/t21?,22-,23-,24?,25-,26?,27-,28-,32+,33-,34+,35?,36+/m0/s1. The van der Waals surface area contributed by atoms with Gasteiger partial charge in [-0.05, 0) is 117 Å². The summed E-state index contributed by atoms with van der Waals surface area (Å²) < 4.78 is 13.3. The Kier molecular flexibility index (Phi) is 6.85. The molecule has 0 aromatic heterocycles. The lowest BCUT2D eigenvalue weighted by Gasteiger charge is -2.64. The van der Waals surface area contributed by atoms with E-state index in [2.05, 4.69) is 48.5 Å². The maximum absolute atomic E-state index is 13.5. The normalized spacial score (nSPS) is 53.5. The summed E-state index contributed by atoms with van der Waals surface area (Å²) in [7, 11) is 0. The highest BCUT2D eigenvalue weighted by Crippen LogP contribution is 2.89. The van der Waals surface area contributed by atoms with Crippen LogP contribution in [0.5, 0.6) is 0 Å². The highest BCUT2D eigenvalue weighted by molar-refractivity contribution is 5.72. The molecule has 5 saturated carbocycles. The van der Waals surface area contributed by atoms with E-state index in [4.69, 9.17) is 9.47 Å². The molecule has 1 aliphatic heterocycles. The predicted octanol–water partition coefficient (Wildman–Crippen LogP) is 6.28. The zero-order valence-corrected chi connectivity index (χ0v) is 28.1. The summed E-state index contributed by atoms with van der Waals surface area (Å²) in [6.45, 7) is 21.3. The molecule has 0 bridgehead atoms. The third-order valence-electron chi connectivity index (χ3n) is 15.4. The van der Waals surface area contributed by atoms with Gasteiger partial charge in [-0.2, -0.15) is 0 Å². The Balaban J connectivity index is 1.39. The van der Waals surface area contributed by atoms with E-state index in [1.807, 2.05) is 20.8 Å². The molecular formula is C36H60O6. The summed E-state index contributed by atoms with van der Waals surface area (Å²) in [6.07, 6.45) is 7.03. The fraction of sp³-hybridized carbons (Fsp3) is 0.972. The predicted molar refractivity (Wildman–Crippen MR) is 162 cm³/mol. The van der Waals surface area contributed by atoms with Crippen LogP contribution in [0.1, 0.15) is 127 Å². The van der Waals surface area contributed by atoms with Gasteiger partial charge >= 0.3 is 5.97 Å². The van der Waals surface area contributed by atoms with Gasteiger partial charge in [-0.15, -0.1) is 0 Å². The fourth-order valence-corrected chi connectivity index (χ4v) is 12.7. The van der Waals surface area contributed by atoms with Crippen molar-refractivity contribution in [1.29, 1.82) is 0 Å². The number of ether oxygens (including phenoxy) is 2. The number of carbonyl (C=O) groups excluding carboxylic acids is 1. The van der Waals surface area contributed by atoms with Crippen molar-refractivity contribution in [3.05, 3.63) is 0 Å². The molecule has 3 N–H and O–H groups in total. The van der Waals surface area contributed by atoms with E-state index in [1.165, 1.54) is 0 Å². The van der Waals surface area contributed by atoms with E-state index >= 15 is 0 Å². The van der Waals surface area contributed by atoms with E-state index in [0.717, 1.165) is 57.8 Å². The van der Waals surface area contributed by atoms with Crippen molar-refractivity contribution in [3.63, 3.8) is 0 Å². The van der Waals surface area contributed by atoms with Crippen molar-refractivity contribution in [1.82, 2.24) is 0 Å². The molecule has 0 radical (unpaired) electrons. The summed E-state index contributed by atoms with van der Waals surface area (Å²) in [5.74, 6) is 0.405. The van der Waals surface area contributed by atoms with Gasteiger partial charge in [0.05, 0.1) is 35.4 Å². The number of aliphatic hydroxyl groups excluding tert-OH is 2. The number of hydrogen-bond acceptors (Lipinski definition) is 6. The second-order valence-corrected chi connectivity index (χ2v) is 18.3. The first-order chi connectivity index (χ1) is 19.2. The average Bonchev–Trinajstić information content (AvgIpc) is 3.24. The van der Waals surface area contributed by atoms with E-state index in [1.54, 1.807) is 0 Å². The highest BCUT2D eigenvalue weighted by atomic mass is 16.5. The van der Waals surface area contributed by atoms with Gasteiger partial charge in [-0.1, -0.05) is 48.5 Å².